The van der Waals surface area contributed by atoms with Gasteiger partial charge in [-0.05, 0) is 19.8 Å². The lowest BCUT2D eigenvalue weighted by Crippen LogP contribution is -2.20. The standard InChI is InChI=1S/C9H15BF3O2/c1-2-15-9(14)8-4-3-7(5-8)6-10(11,12)13/h7-8H,2-6H2,1H3/q-1. The van der Waals surface area contributed by atoms with E-state index in [9.17, 15) is 17.7 Å². The zero-order valence-electron chi connectivity index (χ0n) is 8.72. The lowest BCUT2D eigenvalue weighted by Gasteiger charge is -2.18. The smallest absolute Gasteiger partial charge is 0.466 e. The van der Waals surface area contributed by atoms with Crippen molar-refractivity contribution >= 4 is 12.9 Å². The molecule has 0 aromatic rings. The molecular formula is C9H15BF3O2-. The van der Waals surface area contributed by atoms with E-state index in [0.717, 1.165) is 0 Å². The van der Waals surface area contributed by atoms with Gasteiger partial charge in [0.1, 0.15) is 0 Å². The number of esters is 1. The molecule has 2 nitrogen and oxygen atoms in total. The second-order valence-corrected chi connectivity index (χ2v) is 4.07. The molecule has 0 spiro atoms. The molecule has 88 valence electrons. The molecule has 0 aromatic heterocycles. The third kappa shape index (κ3) is 4.14. The summed E-state index contributed by atoms with van der Waals surface area (Å²) in [6.45, 7) is -2.73. The predicted molar refractivity (Wildman–Crippen MR) is 51.3 cm³/mol. The topological polar surface area (TPSA) is 26.3 Å². The van der Waals surface area contributed by atoms with Crippen LogP contribution in [0.25, 0.3) is 0 Å². The fourth-order valence-electron chi connectivity index (χ4n) is 2.14. The summed E-state index contributed by atoms with van der Waals surface area (Å²) in [6.07, 6.45) is 0.649. The molecule has 0 amide bonds. The van der Waals surface area contributed by atoms with Gasteiger partial charge in [0, 0.05) is 0 Å². The minimum Gasteiger partial charge on any atom is -0.466 e. The van der Waals surface area contributed by atoms with Crippen LogP contribution in [0.3, 0.4) is 0 Å². The number of rotatable bonds is 4. The SMILES string of the molecule is CCOC(=O)C1CCC(C[B-](F)(F)F)C1. The third-order valence-electron chi connectivity index (χ3n) is 2.76. The second-order valence-electron chi connectivity index (χ2n) is 4.07. The molecule has 0 aromatic carbocycles. The summed E-state index contributed by atoms with van der Waals surface area (Å²) in [7, 11) is 0. The minimum absolute atomic E-state index is 0.295. The largest absolute Gasteiger partial charge is 0.478 e. The van der Waals surface area contributed by atoms with E-state index in [1.54, 1.807) is 6.92 Å². The first-order chi connectivity index (χ1) is 6.92. The number of carbonyl (C=O) groups is 1. The van der Waals surface area contributed by atoms with Crippen molar-refractivity contribution in [1.82, 2.24) is 0 Å². The van der Waals surface area contributed by atoms with E-state index in [4.69, 9.17) is 4.74 Å². The minimum atomic E-state index is -4.72. The molecule has 0 radical (unpaired) electrons. The van der Waals surface area contributed by atoms with Crippen molar-refractivity contribution in [2.24, 2.45) is 11.8 Å². The molecular weight excluding hydrogens is 208 g/mol. The fourth-order valence-corrected chi connectivity index (χ4v) is 2.14. The summed E-state index contributed by atoms with van der Waals surface area (Å²) in [6, 6.07) is 0. The Morgan fingerprint density at radius 1 is 1.40 bits per heavy atom. The van der Waals surface area contributed by atoms with Gasteiger partial charge in [-0.15, -0.1) is 0 Å². The van der Waals surface area contributed by atoms with Crippen LogP contribution >= 0.6 is 0 Å². The Labute approximate surface area is 87.2 Å². The van der Waals surface area contributed by atoms with Crippen LogP contribution in [0.5, 0.6) is 0 Å². The van der Waals surface area contributed by atoms with Crippen LogP contribution in [-0.2, 0) is 9.53 Å². The van der Waals surface area contributed by atoms with Crippen LogP contribution in [0, 0.1) is 11.8 Å². The van der Waals surface area contributed by atoms with Crippen LogP contribution in [0.2, 0.25) is 6.32 Å². The van der Waals surface area contributed by atoms with Gasteiger partial charge in [0.2, 0.25) is 0 Å². The van der Waals surface area contributed by atoms with Gasteiger partial charge in [-0.1, -0.05) is 18.7 Å². The van der Waals surface area contributed by atoms with E-state index < -0.39 is 13.3 Å². The summed E-state index contributed by atoms with van der Waals surface area (Å²) < 4.78 is 41.2. The van der Waals surface area contributed by atoms with E-state index in [0.29, 0.717) is 25.9 Å². The van der Waals surface area contributed by atoms with Crippen molar-refractivity contribution in [1.29, 1.82) is 0 Å². The molecule has 2 unspecified atom stereocenters. The van der Waals surface area contributed by atoms with Gasteiger partial charge in [0.05, 0.1) is 12.5 Å². The Balaban J connectivity index is 2.36. The van der Waals surface area contributed by atoms with Crippen LogP contribution in [-0.4, -0.2) is 19.6 Å². The van der Waals surface area contributed by atoms with Crippen molar-refractivity contribution in [3.8, 4) is 0 Å². The van der Waals surface area contributed by atoms with Crippen molar-refractivity contribution in [2.45, 2.75) is 32.5 Å². The van der Waals surface area contributed by atoms with E-state index in [1.165, 1.54) is 0 Å². The molecule has 1 aliphatic rings. The Hall–Kier alpha value is -0.675. The van der Waals surface area contributed by atoms with Crippen LogP contribution < -0.4 is 0 Å². The number of hydrogen-bond acceptors (Lipinski definition) is 2. The second kappa shape index (κ2) is 4.90. The van der Waals surface area contributed by atoms with Crippen molar-refractivity contribution in [3.05, 3.63) is 0 Å². The van der Waals surface area contributed by atoms with Crippen molar-refractivity contribution < 1.29 is 22.5 Å². The molecule has 15 heavy (non-hydrogen) atoms. The van der Waals surface area contributed by atoms with Crippen molar-refractivity contribution in [3.63, 3.8) is 0 Å². The highest BCUT2D eigenvalue weighted by Crippen LogP contribution is 2.37. The predicted octanol–water partition coefficient (Wildman–Crippen LogP) is 2.81. The maximum Gasteiger partial charge on any atom is 0.478 e. The maximum absolute atomic E-state index is 12.1. The Kier molecular flexibility index (Phi) is 4.05. The molecule has 0 aliphatic heterocycles. The molecule has 1 saturated carbocycles. The zero-order valence-corrected chi connectivity index (χ0v) is 8.72. The van der Waals surface area contributed by atoms with E-state index in [-0.39, 0.29) is 17.8 Å². The first-order valence-corrected chi connectivity index (χ1v) is 5.30. The van der Waals surface area contributed by atoms with Gasteiger partial charge in [0.15, 0.2) is 0 Å². The summed E-state index contributed by atoms with van der Waals surface area (Å²) in [4.78, 5) is 11.3. The highest BCUT2D eigenvalue weighted by atomic mass is 19.4. The normalized spacial score (nSPS) is 26.7. The average Bonchev–Trinajstić information content (AvgIpc) is 2.50. The molecule has 1 aliphatic carbocycles. The van der Waals surface area contributed by atoms with Gasteiger partial charge >= 0.3 is 12.9 Å². The first kappa shape index (κ1) is 12.4. The summed E-state index contributed by atoms with van der Waals surface area (Å²) >= 11 is 0. The molecule has 2 atom stereocenters. The van der Waals surface area contributed by atoms with E-state index >= 15 is 0 Å². The van der Waals surface area contributed by atoms with E-state index in [2.05, 4.69) is 0 Å². The summed E-state index contributed by atoms with van der Waals surface area (Å²) in [5, 5.41) is 0. The summed E-state index contributed by atoms with van der Waals surface area (Å²) in [5.74, 6) is -1.03. The van der Waals surface area contributed by atoms with Gasteiger partial charge in [-0.2, -0.15) is 0 Å². The number of halogens is 3. The van der Waals surface area contributed by atoms with Gasteiger partial charge in [-0.3, -0.25) is 4.79 Å². The molecule has 0 saturated heterocycles. The average molecular weight is 223 g/mol. The Morgan fingerprint density at radius 3 is 2.60 bits per heavy atom. The summed E-state index contributed by atoms with van der Waals surface area (Å²) in [5.41, 5.74) is 0. The molecule has 0 N–H and O–H groups in total. The third-order valence-corrected chi connectivity index (χ3v) is 2.76. The van der Waals surface area contributed by atoms with Crippen LogP contribution in [0.4, 0.5) is 12.9 Å². The van der Waals surface area contributed by atoms with Crippen molar-refractivity contribution in [2.75, 3.05) is 6.61 Å². The highest BCUT2D eigenvalue weighted by Gasteiger charge is 2.35. The quantitative estimate of drug-likeness (QED) is 0.541. The molecule has 1 rings (SSSR count). The number of ether oxygens (including phenoxy) is 1. The molecule has 6 heteroatoms. The Bertz CT molecular complexity index is 230. The van der Waals surface area contributed by atoms with Crippen LogP contribution in [0.15, 0.2) is 0 Å². The zero-order chi connectivity index (χ0) is 11.5. The molecule has 1 fully saturated rings. The first-order valence-electron chi connectivity index (χ1n) is 5.30. The lowest BCUT2D eigenvalue weighted by atomic mass is 9.77. The van der Waals surface area contributed by atoms with Gasteiger partial charge in [-0.25, -0.2) is 0 Å². The number of hydrogen-bond donors (Lipinski definition) is 0. The maximum atomic E-state index is 12.1. The van der Waals surface area contributed by atoms with Gasteiger partial charge in [0.25, 0.3) is 0 Å². The monoisotopic (exact) mass is 223 g/mol. The number of carbonyl (C=O) groups excluding carboxylic acids is 1. The Morgan fingerprint density at radius 2 is 2.07 bits per heavy atom. The highest BCUT2D eigenvalue weighted by molar-refractivity contribution is 6.58. The van der Waals surface area contributed by atoms with Gasteiger partial charge < -0.3 is 17.7 Å². The van der Waals surface area contributed by atoms with E-state index in [1.807, 2.05) is 0 Å². The van der Waals surface area contributed by atoms with Crippen LogP contribution in [0.1, 0.15) is 26.2 Å². The fraction of sp³-hybridized carbons (Fsp3) is 0.889. The lowest BCUT2D eigenvalue weighted by molar-refractivity contribution is -0.147. The molecule has 0 bridgehead atoms. The molecule has 0 heterocycles.